The van der Waals surface area contributed by atoms with Crippen LogP contribution in [0.1, 0.15) is 12.8 Å². The Hall–Kier alpha value is -2.53. The summed E-state index contributed by atoms with van der Waals surface area (Å²) in [5.74, 6) is 2.11. The summed E-state index contributed by atoms with van der Waals surface area (Å²) in [5.41, 5.74) is 0. The molecule has 0 spiro atoms. The number of ether oxygens (including phenoxy) is 1. The van der Waals surface area contributed by atoms with Gasteiger partial charge in [-0.25, -0.2) is 27.8 Å². The van der Waals surface area contributed by atoms with Gasteiger partial charge >= 0.3 is 0 Å². The predicted octanol–water partition coefficient (Wildman–Crippen LogP) is 1.39. The number of rotatable bonds is 6. The van der Waals surface area contributed by atoms with Gasteiger partial charge in [-0.3, -0.25) is 0 Å². The van der Waals surface area contributed by atoms with Gasteiger partial charge in [-0.15, -0.1) is 0 Å². The summed E-state index contributed by atoms with van der Waals surface area (Å²) in [7, 11) is -3.15. The van der Waals surface area contributed by atoms with Crippen LogP contribution < -0.4 is 14.5 Å². The Balaban J connectivity index is 1.22. The molecule has 2 aromatic rings. The first-order valence-electron chi connectivity index (χ1n) is 10.4. The molecule has 2 aliphatic heterocycles. The number of nitrogens with zero attached hydrogens (tertiary/aromatic N) is 6. The molecule has 2 aliphatic rings. The number of sulfonamides is 1. The van der Waals surface area contributed by atoms with E-state index in [4.69, 9.17) is 4.74 Å². The minimum Gasteiger partial charge on any atom is -0.476 e. The van der Waals surface area contributed by atoms with Crippen LogP contribution in [0, 0.1) is 11.7 Å². The van der Waals surface area contributed by atoms with Crippen LogP contribution in [0.3, 0.4) is 0 Å². The summed E-state index contributed by atoms with van der Waals surface area (Å²) in [6.45, 7) is 4.36. The van der Waals surface area contributed by atoms with Gasteiger partial charge in [0, 0.05) is 39.3 Å². The molecule has 4 rings (SSSR count). The zero-order valence-corrected chi connectivity index (χ0v) is 18.3. The molecule has 0 atom stereocenters. The molecular formula is C20H27FN6O3S. The topological polar surface area (TPSA) is 91.8 Å². The van der Waals surface area contributed by atoms with Crippen LogP contribution in [0.5, 0.6) is 5.88 Å². The van der Waals surface area contributed by atoms with Gasteiger partial charge in [0.2, 0.25) is 15.9 Å². The van der Waals surface area contributed by atoms with Crippen molar-refractivity contribution in [3.05, 3.63) is 36.5 Å². The lowest BCUT2D eigenvalue weighted by Crippen LogP contribution is -2.48. The Kier molecular flexibility index (Phi) is 6.51. The molecule has 0 radical (unpaired) electrons. The van der Waals surface area contributed by atoms with Crippen molar-refractivity contribution in [2.45, 2.75) is 12.8 Å². The maximum absolute atomic E-state index is 13.0. The van der Waals surface area contributed by atoms with E-state index in [2.05, 4.69) is 19.9 Å². The fourth-order valence-corrected chi connectivity index (χ4v) is 4.71. The lowest BCUT2D eigenvalue weighted by atomic mass is 9.98. The summed E-state index contributed by atoms with van der Waals surface area (Å²) >= 11 is 0. The fourth-order valence-electron chi connectivity index (χ4n) is 3.88. The molecule has 2 fully saturated rings. The molecule has 0 N–H and O–H groups in total. The first-order valence-corrected chi connectivity index (χ1v) is 12.2. The Morgan fingerprint density at radius 2 is 1.61 bits per heavy atom. The second-order valence-corrected chi connectivity index (χ2v) is 9.92. The molecule has 11 heteroatoms. The SMILES string of the molecule is CS(=O)(=O)N1CCN(c2cnc(OCC3CCN(c4ccc(F)cn4)CC3)cn2)CC1. The molecule has 0 amide bonds. The molecule has 0 aromatic carbocycles. The Morgan fingerprint density at radius 3 is 2.19 bits per heavy atom. The maximum Gasteiger partial charge on any atom is 0.232 e. The molecular weight excluding hydrogens is 423 g/mol. The molecule has 2 saturated heterocycles. The number of piperazine rings is 1. The van der Waals surface area contributed by atoms with E-state index in [1.54, 1.807) is 18.5 Å². The first kappa shape index (κ1) is 21.7. The van der Waals surface area contributed by atoms with E-state index >= 15 is 0 Å². The van der Waals surface area contributed by atoms with Gasteiger partial charge < -0.3 is 14.5 Å². The van der Waals surface area contributed by atoms with Gasteiger partial charge in [0.25, 0.3) is 0 Å². The summed E-state index contributed by atoms with van der Waals surface area (Å²) in [4.78, 5) is 17.1. The molecule has 0 unspecified atom stereocenters. The van der Waals surface area contributed by atoms with E-state index in [1.807, 2.05) is 4.90 Å². The van der Waals surface area contributed by atoms with Crippen LogP contribution >= 0.6 is 0 Å². The molecule has 0 saturated carbocycles. The van der Waals surface area contributed by atoms with Crippen LogP contribution in [0.15, 0.2) is 30.7 Å². The third-order valence-corrected chi connectivity index (χ3v) is 7.07. The van der Waals surface area contributed by atoms with Crippen molar-refractivity contribution in [3.8, 4) is 5.88 Å². The lowest BCUT2D eigenvalue weighted by Gasteiger charge is -2.33. The number of hydrogen-bond acceptors (Lipinski definition) is 8. The van der Waals surface area contributed by atoms with E-state index in [1.165, 1.54) is 22.8 Å². The van der Waals surface area contributed by atoms with Gasteiger partial charge in [0.15, 0.2) is 0 Å². The quantitative estimate of drug-likeness (QED) is 0.652. The molecule has 168 valence electrons. The Bertz CT molecular complexity index is 957. The van der Waals surface area contributed by atoms with Crippen LogP contribution in [-0.4, -0.2) is 79.8 Å². The highest BCUT2D eigenvalue weighted by Gasteiger charge is 2.24. The smallest absolute Gasteiger partial charge is 0.232 e. The van der Waals surface area contributed by atoms with E-state index < -0.39 is 10.0 Å². The van der Waals surface area contributed by atoms with Gasteiger partial charge in [0.05, 0.1) is 31.5 Å². The van der Waals surface area contributed by atoms with Gasteiger partial charge in [0.1, 0.15) is 17.5 Å². The second-order valence-electron chi connectivity index (χ2n) is 7.94. The van der Waals surface area contributed by atoms with Crippen LogP contribution in [-0.2, 0) is 10.0 Å². The lowest BCUT2D eigenvalue weighted by molar-refractivity contribution is 0.215. The third-order valence-electron chi connectivity index (χ3n) is 5.76. The van der Waals surface area contributed by atoms with Crippen molar-refractivity contribution in [1.82, 2.24) is 19.3 Å². The van der Waals surface area contributed by atoms with Crippen LogP contribution in [0.25, 0.3) is 0 Å². The molecule has 31 heavy (non-hydrogen) atoms. The van der Waals surface area contributed by atoms with Crippen molar-refractivity contribution >= 4 is 21.7 Å². The zero-order chi connectivity index (χ0) is 21.8. The van der Waals surface area contributed by atoms with E-state index in [-0.39, 0.29) is 5.82 Å². The predicted molar refractivity (Wildman–Crippen MR) is 115 cm³/mol. The summed E-state index contributed by atoms with van der Waals surface area (Å²) in [5, 5.41) is 0. The Morgan fingerprint density at radius 1 is 0.935 bits per heavy atom. The van der Waals surface area contributed by atoms with Gasteiger partial charge in [-0.05, 0) is 30.9 Å². The van der Waals surface area contributed by atoms with E-state index in [0.29, 0.717) is 44.6 Å². The highest BCUT2D eigenvalue weighted by Crippen LogP contribution is 2.23. The van der Waals surface area contributed by atoms with E-state index in [0.717, 1.165) is 37.6 Å². The summed E-state index contributed by atoms with van der Waals surface area (Å²) in [6.07, 6.45) is 7.71. The van der Waals surface area contributed by atoms with Gasteiger partial charge in [-0.1, -0.05) is 0 Å². The minimum absolute atomic E-state index is 0.324. The minimum atomic E-state index is -3.15. The highest BCUT2D eigenvalue weighted by molar-refractivity contribution is 7.88. The summed E-state index contributed by atoms with van der Waals surface area (Å²) in [6, 6.07) is 3.15. The molecule has 0 aliphatic carbocycles. The Labute approximate surface area is 181 Å². The average Bonchev–Trinajstić information content (AvgIpc) is 2.78. The molecule has 9 nitrogen and oxygen atoms in total. The zero-order valence-electron chi connectivity index (χ0n) is 17.5. The number of halogens is 1. The monoisotopic (exact) mass is 450 g/mol. The van der Waals surface area contributed by atoms with E-state index in [9.17, 15) is 12.8 Å². The van der Waals surface area contributed by atoms with Crippen molar-refractivity contribution in [3.63, 3.8) is 0 Å². The second kappa shape index (κ2) is 9.31. The number of hydrogen-bond donors (Lipinski definition) is 0. The standard InChI is InChI=1S/C20H27FN6O3S/c1-31(28,29)27-10-8-26(9-11-27)19-13-24-20(14-23-19)30-15-16-4-6-25(7-5-16)18-3-2-17(21)12-22-18/h2-3,12-14,16H,4-11,15H2,1H3. The van der Waals surface area contributed by atoms with Crippen LogP contribution in [0.2, 0.25) is 0 Å². The number of anilines is 2. The third kappa shape index (κ3) is 5.59. The molecule has 4 heterocycles. The highest BCUT2D eigenvalue weighted by atomic mass is 32.2. The first-order chi connectivity index (χ1) is 14.9. The van der Waals surface area contributed by atoms with Crippen molar-refractivity contribution in [2.75, 3.05) is 61.9 Å². The normalized spacial score (nSPS) is 18.9. The maximum atomic E-state index is 13.0. The number of aromatic nitrogens is 3. The van der Waals surface area contributed by atoms with Gasteiger partial charge in [-0.2, -0.15) is 4.31 Å². The fraction of sp³-hybridized carbons (Fsp3) is 0.550. The number of pyridine rings is 1. The van der Waals surface area contributed by atoms with Crippen molar-refractivity contribution in [2.24, 2.45) is 5.92 Å². The number of piperidine rings is 1. The van der Waals surface area contributed by atoms with Crippen molar-refractivity contribution < 1.29 is 17.5 Å². The molecule has 0 bridgehead atoms. The summed E-state index contributed by atoms with van der Waals surface area (Å²) < 4.78 is 43.6. The van der Waals surface area contributed by atoms with Crippen LogP contribution in [0.4, 0.5) is 16.0 Å². The van der Waals surface area contributed by atoms with Crippen molar-refractivity contribution in [1.29, 1.82) is 0 Å². The average molecular weight is 451 g/mol. The largest absolute Gasteiger partial charge is 0.476 e. The molecule has 2 aromatic heterocycles.